The molecule has 3 aromatic carbocycles. The number of pyridine rings is 1. The van der Waals surface area contributed by atoms with Crippen molar-refractivity contribution in [1.29, 1.82) is 0 Å². The summed E-state index contributed by atoms with van der Waals surface area (Å²) in [5, 5.41) is 6.30. The van der Waals surface area contributed by atoms with Gasteiger partial charge < -0.3 is 25.0 Å². The lowest BCUT2D eigenvalue weighted by Crippen LogP contribution is -2.56. The van der Waals surface area contributed by atoms with Gasteiger partial charge in [-0.2, -0.15) is 0 Å². The molecule has 4 atom stereocenters. The molecule has 0 bridgehead atoms. The summed E-state index contributed by atoms with van der Waals surface area (Å²) in [6.45, 7) is 5.50. The topological polar surface area (TPSA) is 173 Å². The van der Waals surface area contributed by atoms with Crippen LogP contribution in [0.5, 0.6) is 11.5 Å². The molecule has 0 unspecified atom stereocenters. The standard InChI is InChI=1S/C40H43N5O8S.C2H6/c1-25(46)45-24-29(53-35-22-32(26-12-6-5-7-13-26)41-33-20-28(52-2)18-19-30(33)35)21-34(45)38(48)43-40-23-27(40)14-8-3-4-9-17-37(47)42-31-15-10-11-16-36(31)54(50,51)44-39(40)49;1-2/h5-7,10-13,15-16,18-20,22,27,29,34H,3-4,8-9,14,17,21,23-24H2,1-2H3,(H,42,47)(H,43,48)(H,44,49);1-2H3/t27-,29-,34+,40-;/m1./s1. The highest BCUT2D eigenvalue weighted by Gasteiger charge is 2.62. The number of anilines is 1. The predicted octanol–water partition coefficient (Wildman–Crippen LogP) is 5.98. The van der Waals surface area contributed by atoms with Gasteiger partial charge in [-0.1, -0.05) is 75.6 Å². The fourth-order valence-electron chi connectivity index (χ4n) is 7.60. The Morgan fingerprint density at radius 1 is 0.946 bits per heavy atom. The molecule has 14 heteroatoms. The van der Waals surface area contributed by atoms with Crippen molar-refractivity contribution in [3.8, 4) is 22.8 Å². The molecule has 3 aliphatic rings. The van der Waals surface area contributed by atoms with E-state index in [-0.39, 0.29) is 54.1 Å². The van der Waals surface area contributed by atoms with Crippen LogP contribution in [0, 0.1) is 5.92 Å². The zero-order chi connectivity index (χ0) is 40.0. The monoisotopic (exact) mass is 783 g/mol. The number of nitrogens with one attached hydrogen (secondary N) is 3. The van der Waals surface area contributed by atoms with Crippen molar-refractivity contribution < 1.29 is 37.1 Å². The normalized spacial score (nSPS) is 23.4. The van der Waals surface area contributed by atoms with Gasteiger partial charge in [0.2, 0.25) is 17.7 Å². The van der Waals surface area contributed by atoms with Crippen LogP contribution in [-0.2, 0) is 29.2 Å². The van der Waals surface area contributed by atoms with Crippen molar-refractivity contribution in [3.63, 3.8) is 0 Å². The van der Waals surface area contributed by atoms with E-state index >= 15 is 0 Å². The summed E-state index contributed by atoms with van der Waals surface area (Å²) in [5.74, 6) is -1.23. The number of fused-ring (bicyclic) bond motifs is 3. The molecule has 0 radical (unpaired) electrons. The molecule has 4 amide bonds. The van der Waals surface area contributed by atoms with Gasteiger partial charge >= 0.3 is 0 Å². The Balaban J connectivity index is 0.00000262. The van der Waals surface area contributed by atoms with Gasteiger partial charge in [0.1, 0.15) is 34.1 Å². The second-order valence-electron chi connectivity index (χ2n) is 14.2. The van der Waals surface area contributed by atoms with Crippen molar-refractivity contribution >= 4 is 50.2 Å². The van der Waals surface area contributed by atoms with Crippen LogP contribution in [0.25, 0.3) is 22.2 Å². The second kappa shape index (κ2) is 17.1. The number of carbonyl (C=O) groups excluding carboxylic acids is 4. The van der Waals surface area contributed by atoms with Crippen LogP contribution in [0.3, 0.4) is 0 Å². The largest absolute Gasteiger partial charge is 0.497 e. The molecule has 3 N–H and O–H groups in total. The minimum Gasteiger partial charge on any atom is -0.497 e. The lowest BCUT2D eigenvalue weighted by molar-refractivity contribution is -0.138. The first kappa shape index (κ1) is 40.2. The zero-order valence-corrected chi connectivity index (χ0v) is 33.0. The van der Waals surface area contributed by atoms with Gasteiger partial charge in [0.05, 0.1) is 30.6 Å². The van der Waals surface area contributed by atoms with Gasteiger partial charge in [-0.3, -0.25) is 19.2 Å². The van der Waals surface area contributed by atoms with Crippen LogP contribution in [0.4, 0.5) is 5.69 Å². The van der Waals surface area contributed by atoms with Gasteiger partial charge in [0.15, 0.2) is 0 Å². The highest BCUT2D eigenvalue weighted by Crippen LogP contribution is 2.48. The number of carbonyl (C=O) groups is 4. The number of hydrogen-bond donors (Lipinski definition) is 3. The van der Waals surface area contributed by atoms with Crippen LogP contribution in [0.1, 0.15) is 72.1 Å². The maximum absolute atomic E-state index is 14.2. The van der Waals surface area contributed by atoms with Crippen molar-refractivity contribution in [2.45, 2.75) is 94.7 Å². The molecule has 296 valence electrons. The lowest BCUT2D eigenvalue weighted by Gasteiger charge is -2.26. The predicted molar refractivity (Wildman–Crippen MR) is 212 cm³/mol. The Morgan fingerprint density at radius 3 is 2.43 bits per heavy atom. The second-order valence-corrected chi connectivity index (χ2v) is 15.9. The number of benzene rings is 3. The van der Waals surface area contributed by atoms with Crippen LogP contribution in [-0.4, -0.2) is 73.3 Å². The highest BCUT2D eigenvalue weighted by atomic mass is 32.2. The maximum Gasteiger partial charge on any atom is 0.266 e. The van der Waals surface area contributed by atoms with Gasteiger partial charge in [0.25, 0.3) is 15.9 Å². The molecule has 56 heavy (non-hydrogen) atoms. The minimum absolute atomic E-state index is 0.0641. The number of nitrogens with zero attached hydrogens (tertiary/aromatic N) is 2. The van der Waals surface area contributed by atoms with E-state index in [1.165, 1.54) is 30.0 Å². The fourth-order valence-corrected chi connectivity index (χ4v) is 8.80. The van der Waals surface area contributed by atoms with Gasteiger partial charge in [-0.05, 0) is 49.4 Å². The Hall–Kier alpha value is -5.50. The molecule has 1 saturated carbocycles. The number of para-hydroxylation sites is 1. The zero-order valence-electron chi connectivity index (χ0n) is 32.2. The number of methoxy groups -OCH3 is 1. The van der Waals surface area contributed by atoms with E-state index in [9.17, 15) is 27.6 Å². The number of likely N-dealkylation sites (tertiary alicyclic amines) is 1. The van der Waals surface area contributed by atoms with Crippen molar-refractivity contribution in [2.75, 3.05) is 19.0 Å². The minimum atomic E-state index is -4.45. The summed E-state index contributed by atoms with van der Waals surface area (Å²) in [7, 11) is -2.87. The Bertz CT molecular complexity index is 2220. The van der Waals surface area contributed by atoms with Crippen LogP contribution in [0.15, 0.2) is 83.8 Å². The van der Waals surface area contributed by atoms with E-state index in [2.05, 4.69) is 15.4 Å². The van der Waals surface area contributed by atoms with E-state index in [1.54, 1.807) is 13.2 Å². The molecular formula is C42H49N5O8S. The third-order valence-corrected chi connectivity index (χ3v) is 11.9. The summed E-state index contributed by atoms with van der Waals surface area (Å²) >= 11 is 0. The Kier molecular flexibility index (Phi) is 12.3. The van der Waals surface area contributed by atoms with Crippen molar-refractivity contribution in [3.05, 3.63) is 78.9 Å². The van der Waals surface area contributed by atoms with E-state index in [0.717, 1.165) is 30.2 Å². The lowest BCUT2D eigenvalue weighted by atomic mass is 10.0. The van der Waals surface area contributed by atoms with E-state index in [4.69, 9.17) is 14.5 Å². The van der Waals surface area contributed by atoms with Gasteiger partial charge in [0, 0.05) is 42.8 Å². The molecule has 4 aromatic rings. The fraction of sp³-hybridized carbons (Fsp3) is 0.405. The highest BCUT2D eigenvalue weighted by molar-refractivity contribution is 7.90. The summed E-state index contributed by atoms with van der Waals surface area (Å²) in [6.07, 6.45) is 3.59. The van der Waals surface area contributed by atoms with Crippen molar-refractivity contribution in [2.24, 2.45) is 5.92 Å². The number of amides is 4. The summed E-state index contributed by atoms with van der Waals surface area (Å²) < 4.78 is 41.5. The number of sulfonamides is 1. The first-order valence-corrected chi connectivity index (χ1v) is 20.7. The van der Waals surface area contributed by atoms with E-state index < -0.39 is 39.5 Å². The van der Waals surface area contributed by atoms with Gasteiger partial charge in [-0.25, -0.2) is 18.1 Å². The summed E-state index contributed by atoms with van der Waals surface area (Å²) in [4.78, 5) is 59.8. The first-order valence-electron chi connectivity index (χ1n) is 19.2. The van der Waals surface area contributed by atoms with Crippen LogP contribution < -0.4 is 24.8 Å². The smallest absolute Gasteiger partial charge is 0.266 e. The number of hydrogen-bond acceptors (Lipinski definition) is 9. The Morgan fingerprint density at radius 2 is 1.68 bits per heavy atom. The van der Waals surface area contributed by atoms with E-state index in [1.807, 2.05) is 68.4 Å². The molecule has 0 spiro atoms. The van der Waals surface area contributed by atoms with E-state index in [0.29, 0.717) is 35.6 Å². The van der Waals surface area contributed by atoms with Crippen LogP contribution in [0.2, 0.25) is 0 Å². The molecule has 2 aliphatic heterocycles. The molecule has 7 rings (SSSR count). The SMILES string of the molecule is CC.COc1ccc2c(O[C@@H]3C[C@@H](C(=O)N[C@]45C[C@H]4CCCCCCC(=O)Nc4ccccc4S(=O)(=O)NC5=O)N(C(C)=O)C3)cc(-c3ccccc3)nc2c1. The summed E-state index contributed by atoms with van der Waals surface area (Å²) in [6, 6.07) is 21.9. The van der Waals surface area contributed by atoms with Gasteiger partial charge in [-0.15, -0.1) is 0 Å². The van der Waals surface area contributed by atoms with Crippen molar-refractivity contribution in [1.82, 2.24) is 19.9 Å². The third-order valence-electron chi connectivity index (χ3n) is 10.6. The molecule has 1 aliphatic carbocycles. The van der Waals surface area contributed by atoms with Crippen LogP contribution >= 0.6 is 0 Å². The quantitative estimate of drug-likeness (QED) is 0.213. The molecule has 1 saturated heterocycles. The maximum atomic E-state index is 14.2. The molecule has 13 nitrogen and oxygen atoms in total. The summed E-state index contributed by atoms with van der Waals surface area (Å²) in [5.41, 5.74) is 0.780. The molecule has 3 heterocycles. The number of ether oxygens (including phenoxy) is 2. The average Bonchev–Trinajstić information content (AvgIpc) is 3.72. The molecule has 1 aromatic heterocycles. The Labute approximate surface area is 327 Å². The molecule has 2 fully saturated rings. The number of rotatable bonds is 6. The first-order chi connectivity index (χ1) is 27.0. The third kappa shape index (κ3) is 8.65. The average molecular weight is 784 g/mol. The number of aromatic nitrogens is 1. The molecular weight excluding hydrogens is 735 g/mol.